The van der Waals surface area contributed by atoms with Gasteiger partial charge in [-0.2, -0.15) is 10.5 Å². The number of rotatable bonds is 5. The summed E-state index contributed by atoms with van der Waals surface area (Å²) in [7, 11) is 0. The lowest BCUT2D eigenvalue weighted by Gasteiger charge is -2.16. The molecule has 3 rings (SSSR count). The summed E-state index contributed by atoms with van der Waals surface area (Å²) >= 11 is 6.97. The molecule has 0 spiro atoms. The number of carboxylic acid groups (broad SMARTS) is 1. The molecule has 0 bridgehead atoms. The van der Waals surface area contributed by atoms with Crippen molar-refractivity contribution in [3.8, 4) is 23.3 Å². The maximum absolute atomic E-state index is 11.9. The normalized spacial score (nSPS) is 11.3. The van der Waals surface area contributed by atoms with Gasteiger partial charge in [-0.15, -0.1) is 0 Å². The molecule has 8 heteroatoms. The summed E-state index contributed by atoms with van der Waals surface area (Å²) < 4.78 is 0. The first-order valence-electron chi connectivity index (χ1n) is 8.30. The Kier molecular flexibility index (Phi) is 6.04. The van der Waals surface area contributed by atoms with Gasteiger partial charge in [0.05, 0.1) is 5.56 Å². The highest BCUT2D eigenvalue weighted by Gasteiger charge is 2.27. The third-order valence-electron chi connectivity index (χ3n) is 4.08. The molecule has 1 unspecified atom stereocenters. The van der Waals surface area contributed by atoms with Crippen LogP contribution in [0.5, 0.6) is 0 Å². The minimum absolute atomic E-state index is 0.0414. The predicted octanol–water partition coefficient (Wildman–Crippen LogP) is 4.65. The van der Waals surface area contributed by atoms with E-state index in [4.69, 9.17) is 17.3 Å². The van der Waals surface area contributed by atoms with Crippen LogP contribution in [-0.4, -0.2) is 16.1 Å². The van der Waals surface area contributed by atoms with Gasteiger partial charge in [-0.3, -0.25) is 4.79 Å². The number of hydrogen-bond donors (Lipinski definition) is 2. The molecule has 2 aromatic carbocycles. The van der Waals surface area contributed by atoms with E-state index in [1.54, 1.807) is 54.6 Å². The van der Waals surface area contributed by atoms with Crippen molar-refractivity contribution in [3.05, 3.63) is 76.3 Å². The molecule has 142 valence electrons. The van der Waals surface area contributed by atoms with Crippen LogP contribution < -0.4 is 5.73 Å². The SMILES string of the molecule is N#Cc1c(N)nc(SC(C(=O)O)c2ccccc2)c(C#N)c1-c1cccc(Cl)c1. The third kappa shape index (κ3) is 4.17. The molecular formula is C21H13ClN4O2S. The van der Waals surface area contributed by atoms with Gasteiger partial charge in [0, 0.05) is 10.6 Å². The Labute approximate surface area is 176 Å². The number of aliphatic carboxylic acids is 1. The summed E-state index contributed by atoms with van der Waals surface area (Å²) in [4.78, 5) is 16.0. The average molecular weight is 421 g/mol. The van der Waals surface area contributed by atoms with Crippen LogP contribution in [-0.2, 0) is 4.79 Å². The molecule has 0 saturated heterocycles. The molecule has 0 aliphatic heterocycles. The number of benzene rings is 2. The molecule has 0 aliphatic rings. The van der Waals surface area contributed by atoms with Crippen LogP contribution in [0.1, 0.15) is 21.9 Å². The van der Waals surface area contributed by atoms with Gasteiger partial charge >= 0.3 is 5.97 Å². The fourth-order valence-corrected chi connectivity index (χ4v) is 4.04. The molecule has 0 aliphatic carbocycles. The second-order valence-electron chi connectivity index (χ2n) is 5.91. The summed E-state index contributed by atoms with van der Waals surface area (Å²) in [5.41, 5.74) is 7.45. The molecule has 0 amide bonds. The number of nitriles is 2. The van der Waals surface area contributed by atoms with Crippen molar-refractivity contribution in [1.82, 2.24) is 4.98 Å². The van der Waals surface area contributed by atoms with Gasteiger partial charge in [0.2, 0.25) is 0 Å². The van der Waals surface area contributed by atoms with Gasteiger partial charge in [0.1, 0.15) is 33.8 Å². The van der Waals surface area contributed by atoms with Crippen LogP contribution in [0.4, 0.5) is 5.82 Å². The van der Waals surface area contributed by atoms with Crippen molar-refractivity contribution in [1.29, 1.82) is 10.5 Å². The number of nitrogens with two attached hydrogens (primary N) is 1. The minimum Gasteiger partial charge on any atom is -0.480 e. The van der Waals surface area contributed by atoms with E-state index in [0.29, 0.717) is 16.1 Å². The third-order valence-corrected chi connectivity index (χ3v) is 5.55. The summed E-state index contributed by atoms with van der Waals surface area (Å²) in [5.74, 6) is -1.17. The number of nitrogens with zero attached hydrogens (tertiary/aromatic N) is 3. The van der Waals surface area contributed by atoms with Crippen LogP contribution in [0, 0.1) is 22.7 Å². The smallest absolute Gasteiger partial charge is 0.321 e. The zero-order chi connectivity index (χ0) is 21.0. The van der Waals surface area contributed by atoms with Crippen molar-refractivity contribution in [2.75, 3.05) is 5.73 Å². The Morgan fingerprint density at radius 2 is 1.79 bits per heavy atom. The standard InChI is InChI=1S/C21H13ClN4O2S/c22-14-8-4-7-13(9-14)17-15(10-23)19(25)26-20(16(17)11-24)29-18(21(27)28)12-5-2-1-3-6-12/h1-9,18H,(H2,25,26)(H,27,28). The minimum atomic E-state index is -1.08. The molecule has 0 saturated carbocycles. The van der Waals surface area contributed by atoms with Crippen LogP contribution in [0.3, 0.4) is 0 Å². The largest absolute Gasteiger partial charge is 0.480 e. The first-order chi connectivity index (χ1) is 14.0. The lowest BCUT2D eigenvalue weighted by atomic mass is 9.97. The number of hydrogen-bond acceptors (Lipinski definition) is 6. The highest BCUT2D eigenvalue weighted by Crippen LogP contribution is 2.41. The number of nitrogen functional groups attached to an aromatic ring is 1. The predicted molar refractivity (Wildman–Crippen MR) is 111 cm³/mol. The lowest BCUT2D eigenvalue weighted by Crippen LogP contribution is -2.10. The number of thioether (sulfide) groups is 1. The van der Waals surface area contributed by atoms with Crippen molar-refractivity contribution in [2.24, 2.45) is 0 Å². The lowest BCUT2D eigenvalue weighted by molar-refractivity contribution is -0.136. The zero-order valence-corrected chi connectivity index (χ0v) is 16.4. The molecule has 6 nitrogen and oxygen atoms in total. The number of halogens is 1. The number of carbonyl (C=O) groups is 1. The maximum atomic E-state index is 11.9. The molecule has 1 heterocycles. The average Bonchev–Trinajstić information content (AvgIpc) is 2.71. The van der Waals surface area contributed by atoms with Crippen LogP contribution in [0.2, 0.25) is 5.02 Å². The van der Waals surface area contributed by atoms with E-state index in [2.05, 4.69) is 11.1 Å². The van der Waals surface area contributed by atoms with Gasteiger partial charge in [-0.25, -0.2) is 4.98 Å². The van der Waals surface area contributed by atoms with Gasteiger partial charge in [-0.05, 0) is 23.3 Å². The van der Waals surface area contributed by atoms with Crippen molar-refractivity contribution < 1.29 is 9.90 Å². The highest BCUT2D eigenvalue weighted by molar-refractivity contribution is 8.00. The Bertz CT molecular complexity index is 1170. The second kappa shape index (κ2) is 8.66. The van der Waals surface area contributed by atoms with Gasteiger partial charge in [0.15, 0.2) is 0 Å². The first kappa shape index (κ1) is 20.2. The molecular weight excluding hydrogens is 408 g/mol. The second-order valence-corrected chi connectivity index (χ2v) is 7.44. The molecule has 3 N–H and O–H groups in total. The summed E-state index contributed by atoms with van der Waals surface area (Å²) in [6, 6.07) is 19.3. The van der Waals surface area contributed by atoms with E-state index in [-0.39, 0.29) is 27.5 Å². The van der Waals surface area contributed by atoms with Gasteiger partial charge < -0.3 is 10.8 Å². The number of carboxylic acids is 1. The fraction of sp³-hybridized carbons (Fsp3) is 0.0476. The van der Waals surface area contributed by atoms with E-state index in [0.717, 1.165) is 11.8 Å². The van der Waals surface area contributed by atoms with E-state index < -0.39 is 11.2 Å². The number of aromatic nitrogens is 1. The van der Waals surface area contributed by atoms with E-state index in [1.165, 1.54) is 0 Å². The number of anilines is 1. The zero-order valence-electron chi connectivity index (χ0n) is 14.8. The monoisotopic (exact) mass is 420 g/mol. The number of pyridine rings is 1. The van der Waals surface area contributed by atoms with Crippen molar-refractivity contribution >= 4 is 35.1 Å². The van der Waals surface area contributed by atoms with Crippen LogP contribution >= 0.6 is 23.4 Å². The fourth-order valence-electron chi connectivity index (χ4n) is 2.82. The summed E-state index contributed by atoms with van der Waals surface area (Å²) in [6.07, 6.45) is 0. The molecule has 0 fully saturated rings. The van der Waals surface area contributed by atoms with Crippen LogP contribution in [0.25, 0.3) is 11.1 Å². The summed E-state index contributed by atoms with van der Waals surface area (Å²) in [5, 5.41) is 28.7. The Morgan fingerprint density at radius 1 is 1.10 bits per heavy atom. The van der Waals surface area contributed by atoms with E-state index >= 15 is 0 Å². The van der Waals surface area contributed by atoms with Gasteiger partial charge in [0.25, 0.3) is 0 Å². The summed E-state index contributed by atoms with van der Waals surface area (Å²) in [6.45, 7) is 0. The van der Waals surface area contributed by atoms with Crippen molar-refractivity contribution in [2.45, 2.75) is 10.3 Å². The maximum Gasteiger partial charge on any atom is 0.321 e. The van der Waals surface area contributed by atoms with E-state index in [1.807, 2.05) is 6.07 Å². The molecule has 1 atom stereocenters. The molecule has 29 heavy (non-hydrogen) atoms. The Hall–Kier alpha value is -3.52. The quantitative estimate of drug-likeness (QED) is 0.575. The van der Waals surface area contributed by atoms with Gasteiger partial charge in [-0.1, -0.05) is 65.8 Å². The van der Waals surface area contributed by atoms with Crippen molar-refractivity contribution in [3.63, 3.8) is 0 Å². The highest BCUT2D eigenvalue weighted by atomic mass is 35.5. The van der Waals surface area contributed by atoms with E-state index in [9.17, 15) is 20.4 Å². The molecule has 1 aromatic heterocycles. The van der Waals surface area contributed by atoms with Crippen LogP contribution in [0.15, 0.2) is 59.6 Å². The molecule has 3 aromatic rings. The molecule has 0 radical (unpaired) electrons. The Morgan fingerprint density at radius 3 is 2.38 bits per heavy atom. The Balaban J connectivity index is 2.22. The first-order valence-corrected chi connectivity index (χ1v) is 9.56. The topological polar surface area (TPSA) is 124 Å².